The molecule has 1 saturated carbocycles. The summed E-state index contributed by atoms with van der Waals surface area (Å²) in [5.41, 5.74) is 0.168. The molecule has 2 aliphatic rings. The van der Waals surface area contributed by atoms with E-state index in [0.717, 1.165) is 25.9 Å². The van der Waals surface area contributed by atoms with Crippen molar-refractivity contribution in [2.45, 2.75) is 57.4 Å². The third-order valence-electron chi connectivity index (χ3n) is 4.65. The number of carbonyl (C=O) groups excluding carboxylic acids is 1. The highest BCUT2D eigenvalue weighted by Crippen LogP contribution is 2.50. The van der Waals surface area contributed by atoms with E-state index in [1.54, 1.807) is 7.11 Å². The fraction of sp³-hybridized carbons (Fsp3) is 0.923. The van der Waals surface area contributed by atoms with Crippen molar-refractivity contribution >= 4 is 5.91 Å². The molecule has 1 N–H and O–H groups in total. The minimum atomic E-state index is 0.0703. The van der Waals surface area contributed by atoms with E-state index in [2.05, 4.69) is 12.2 Å². The number of hydrogen-bond donors (Lipinski definition) is 1. The Balaban J connectivity index is 2.16. The van der Waals surface area contributed by atoms with Gasteiger partial charge in [-0.05, 0) is 19.3 Å². The Kier molecular flexibility index (Phi) is 3.24. The number of methoxy groups -OCH3 is 1. The van der Waals surface area contributed by atoms with Gasteiger partial charge in [-0.1, -0.05) is 26.2 Å². The monoisotopic (exact) mass is 225 g/mol. The van der Waals surface area contributed by atoms with Gasteiger partial charge in [-0.25, -0.2) is 0 Å². The highest BCUT2D eigenvalue weighted by molar-refractivity contribution is 5.81. The minimum absolute atomic E-state index is 0.0703. The van der Waals surface area contributed by atoms with Crippen LogP contribution in [-0.2, 0) is 9.53 Å². The van der Waals surface area contributed by atoms with Gasteiger partial charge in [0, 0.05) is 31.1 Å². The number of carbonyl (C=O) groups is 1. The minimum Gasteiger partial charge on any atom is -0.385 e. The lowest BCUT2D eigenvalue weighted by Crippen LogP contribution is -2.52. The molecule has 1 saturated heterocycles. The number of hydrogen-bond acceptors (Lipinski definition) is 2. The first-order valence-electron chi connectivity index (χ1n) is 6.42. The summed E-state index contributed by atoms with van der Waals surface area (Å²) in [7, 11) is 1.74. The van der Waals surface area contributed by atoms with E-state index in [0.29, 0.717) is 6.42 Å². The SMILES string of the molecule is COCCC1(C)CC(=O)NC12CCCCC2. The molecule has 2 rings (SSSR count). The van der Waals surface area contributed by atoms with Crippen LogP contribution in [0.2, 0.25) is 0 Å². The lowest BCUT2D eigenvalue weighted by molar-refractivity contribution is -0.120. The molecule has 1 amide bonds. The Hall–Kier alpha value is -0.570. The van der Waals surface area contributed by atoms with E-state index in [-0.39, 0.29) is 16.9 Å². The summed E-state index contributed by atoms with van der Waals surface area (Å²) < 4.78 is 5.20. The van der Waals surface area contributed by atoms with Gasteiger partial charge in [-0.3, -0.25) is 4.79 Å². The van der Waals surface area contributed by atoms with Crippen LogP contribution in [0.15, 0.2) is 0 Å². The largest absolute Gasteiger partial charge is 0.385 e. The van der Waals surface area contributed by atoms with Crippen LogP contribution in [0.5, 0.6) is 0 Å². The molecule has 0 aromatic carbocycles. The Morgan fingerprint density at radius 3 is 2.62 bits per heavy atom. The van der Waals surface area contributed by atoms with Crippen LogP contribution in [-0.4, -0.2) is 25.2 Å². The number of amides is 1. The molecule has 92 valence electrons. The zero-order valence-electron chi connectivity index (χ0n) is 10.5. The fourth-order valence-corrected chi connectivity index (χ4v) is 3.52. The molecule has 2 fully saturated rings. The molecule has 0 radical (unpaired) electrons. The van der Waals surface area contributed by atoms with Crippen LogP contribution in [0.1, 0.15) is 51.9 Å². The summed E-state index contributed by atoms with van der Waals surface area (Å²) in [6.45, 7) is 3.02. The predicted octanol–water partition coefficient (Wildman–Crippen LogP) is 2.25. The lowest BCUT2D eigenvalue weighted by atomic mass is 9.63. The molecule has 0 aromatic heterocycles. The molecule has 1 heterocycles. The lowest BCUT2D eigenvalue weighted by Gasteiger charge is -2.45. The summed E-state index contributed by atoms with van der Waals surface area (Å²) >= 11 is 0. The zero-order chi connectivity index (χ0) is 11.6. The topological polar surface area (TPSA) is 38.3 Å². The molecule has 3 heteroatoms. The first-order chi connectivity index (χ1) is 7.62. The second-order valence-electron chi connectivity index (χ2n) is 5.67. The van der Waals surface area contributed by atoms with E-state index in [1.807, 2.05) is 0 Å². The molecule has 0 bridgehead atoms. The quantitative estimate of drug-likeness (QED) is 0.800. The van der Waals surface area contributed by atoms with E-state index in [1.165, 1.54) is 19.3 Å². The average molecular weight is 225 g/mol. The maximum absolute atomic E-state index is 11.7. The van der Waals surface area contributed by atoms with Crippen LogP contribution in [0, 0.1) is 5.41 Å². The number of nitrogens with one attached hydrogen (secondary N) is 1. The molecular formula is C13H23NO2. The van der Waals surface area contributed by atoms with Crippen LogP contribution >= 0.6 is 0 Å². The van der Waals surface area contributed by atoms with Crippen LogP contribution in [0.25, 0.3) is 0 Å². The Morgan fingerprint density at radius 2 is 2.00 bits per heavy atom. The number of ether oxygens (including phenoxy) is 1. The van der Waals surface area contributed by atoms with E-state index < -0.39 is 0 Å². The second-order valence-corrected chi connectivity index (χ2v) is 5.67. The standard InChI is InChI=1S/C13H23NO2/c1-12(8-9-16-2)10-11(15)14-13(12)6-4-3-5-7-13/h3-10H2,1-2H3,(H,14,15). The third-order valence-corrected chi connectivity index (χ3v) is 4.65. The summed E-state index contributed by atoms with van der Waals surface area (Å²) in [5, 5.41) is 3.27. The van der Waals surface area contributed by atoms with Crippen molar-refractivity contribution in [2.75, 3.05) is 13.7 Å². The summed E-state index contributed by atoms with van der Waals surface area (Å²) in [5.74, 6) is 0.237. The van der Waals surface area contributed by atoms with Gasteiger partial charge in [0.2, 0.25) is 5.91 Å². The highest BCUT2D eigenvalue weighted by Gasteiger charge is 2.54. The second kappa shape index (κ2) is 4.36. The molecule has 3 nitrogen and oxygen atoms in total. The van der Waals surface area contributed by atoms with Crippen molar-refractivity contribution in [1.29, 1.82) is 0 Å². The molecule has 1 spiro atoms. The van der Waals surface area contributed by atoms with Crippen molar-refractivity contribution < 1.29 is 9.53 Å². The maximum atomic E-state index is 11.7. The van der Waals surface area contributed by atoms with Gasteiger partial charge in [0.25, 0.3) is 0 Å². The third kappa shape index (κ3) is 1.86. The van der Waals surface area contributed by atoms with E-state index in [4.69, 9.17) is 4.74 Å². The van der Waals surface area contributed by atoms with Crippen LogP contribution in [0.4, 0.5) is 0 Å². The Morgan fingerprint density at radius 1 is 1.31 bits per heavy atom. The first kappa shape index (κ1) is 11.9. The van der Waals surface area contributed by atoms with Gasteiger partial charge in [0.05, 0.1) is 0 Å². The van der Waals surface area contributed by atoms with Crippen LogP contribution in [0.3, 0.4) is 0 Å². The van der Waals surface area contributed by atoms with Gasteiger partial charge in [0.15, 0.2) is 0 Å². The molecular weight excluding hydrogens is 202 g/mol. The van der Waals surface area contributed by atoms with Crippen molar-refractivity contribution in [1.82, 2.24) is 5.32 Å². The van der Waals surface area contributed by atoms with Gasteiger partial charge in [0.1, 0.15) is 0 Å². The predicted molar refractivity (Wildman–Crippen MR) is 63.2 cm³/mol. The summed E-state index contributed by atoms with van der Waals surface area (Å²) in [6, 6.07) is 0. The highest BCUT2D eigenvalue weighted by atomic mass is 16.5. The van der Waals surface area contributed by atoms with Crippen molar-refractivity contribution in [3.63, 3.8) is 0 Å². The molecule has 1 aliphatic heterocycles. The molecule has 1 aliphatic carbocycles. The van der Waals surface area contributed by atoms with Crippen molar-refractivity contribution in [3.05, 3.63) is 0 Å². The average Bonchev–Trinajstić information content (AvgIpc) is 2.49. The number of rotatable bonds is 3. The molecule has 1 unspecified atom stereocenters. The van der Waals surface area contributed by atoms with Crippen molar-refractivity contribution in [2.24, 2.45) is 5.41 Å². The van der Waals surface area contributed by atoms with Crippen molar-refractivity contribution in [3.8, 4) is 0 Å². The van der Waals surface area contributed by atoms with E-state index >= 15 is 0 Å². The fourth-order valence-electron chi connectivity index (χ4n) is 3.52. The van der Waals surface area contributed by atoms with Gasteiger partial charge in [-0.15, -0.1) is 0 Å². The molecule has 16 heavy (non-hydrogen) atoms. The summed E-state index contributed by atoms with van der Waals surface area (Å²) in [6.07, 6.45) is 7.79. The van der Waals surface area contributed by atoms with E-state index in [9.17, 15) is 4.79 Å². The van der Waals surface area contributed by atoms with Gasteiger partial charge < -0.3 is 10.1 Å². The summed E-state index contributed by atoms with van der Waals surface area (Å²) in [4.78, 5) is 11.7. The Labute approximate surface area is 97.9 Å². The smallest absolute Gasteiger partial charge is 0.221 e. The van der Waals surface area contributed by atoms with Gasteiger partial charge in [-0.2, -0.15) is 0 Å². The maximum Gasteiger partial charge on any atom is 0.221 e. The first-order valence-corrected chi connectivity index (χ1v) is 6.42. The Bertz CT molecular complexity index is 271. The zero-order valence-corrected chi connectivity index (χ0v) is 10.5. The molecule has 1 atom stereocenters. The normalized spacial score (nSPS) is 33.0. The molecule has 0 aromatic rings. The van der Waals surface area contributed by atoms with Crippen LogP contribution < -0.4 is 5.32 Å². The van der Waals surface area contributed by atoms with Gasteiger partial charge >= 0.3 is 0 Å².